The van der Waals surface area contributed by atoms with Crippen LogP contribution in [0.25, 0.3) is 0 Å². The van der Waals surface area contributed by atoms with Crippen LogP contribution >= 0.6 is 0 Å². The average molecular weight is 348 g/mol. The summed E-state index contributed by atoms with van der Waals surface area (Å²) >= 11 is 0. The van der Waals surface area contributed by atoms with Gasteiger partial charge >= 0.3 is 6.03 Å². The van der Waals surface area contributed by atoms with Gasteiger partial charge in [-0.15, -0.1) is 0 Å². The molecule has 1 aliphatic rings. The largest absolute Gasteiger partial charge is 0.383 e. The molecule has 0 bridgehead atoms. The van der Waals surface area contributed by atoms with Crippen molar-refractivity contribution in [3.05, 3.63) is 24.3 Å². The van der Waals surface area contributed by atoms with Gasteiger partial charge in [-0.3, -0.25) is 4.79 Å². The molecular formula is C18H28N4O3. The minimum absolute atomic E-state index is 0.0546. The van der Waals surface area contributed by atoms with Gasteiger partial charge < -0.3 is 25.6 Å². The fraction of sp³-hybridized carbons (Fsp3) is 0.556. The second-order valence-corrected chi connectivity index (χ2v) is 6.13. The molecule has 1 heterocycles. The van der Waals surface area contributed by atoms with Crippen molar-refractivity contribution in [2.24, 2.45) is 0 Å². The molecule has 0 aliphatic carbocycles. The summed E-state index contributed by atoms with van der Waals surface area (Å²) in [6, 6.07) is 7.10. The first-order valence-electron chi connectivity index (χ1n) is 8.84. The van der Waals surface area contributed by atoms with Gasteiger partial charge in [0, 0.05) is 38.1 Å². The van der Waals surface area contributed by atoms with Crippen LogP contribution in [0.4, 0.5) is 16.2 Å². The lowest BCUT2D eigenvalue weighted by Crippen LogP contribution is -2.35. The zero-order valence-corrected chi connectivity index (χ0v) is 14.8. The summed E-state index contributed by atoms with van der Waals surface area (Å²) in [5.41, 5.74) is 1.43. The Morgan fingerprint density at radius 2 is 1.60 bits per heavy atom. The van der Waals surface area contributed by atoms with Gasteiger partial charge in [-0.1, -0.05) is 12.8 Å². The topological polar surface area (TPSA) is 82.7 Å². The van der Waals surface area contributed by atoms with Crippen LogP contribution in [-0.4, -0.2) is 56.7 Å². The molecule has 1 saturated heterocycles. The fourth-order valence-corrected chi connectivity index (χ4v) is 2.69. The summed E-state index contributed by atoms with van der Waals surface area (Å²) in [4.78, 5) is 25.9. The first-order chi connectivity index (χ1) is 12.2. The van der Waals surface area contributed by atoms with Crippen LogP contribution in [0.5, 0.6) is 0 Å². The number of hydrogen-bond donors (Lipinski definition) is 3. The molecule has 138 valence electrons. The predicted octanol–water partition coefficient (Wildman–Crippen LogP) is 2.27. The minimum Gasteiger partial charge on any atom is -0.383 e. The monoisotopic (exact) mass is 348 g/mol. The van der Waals surface area contributed by atoms with Crippen molar-refractivity contribution >= 4 is 23.3 Å². The Morgan fingerprint density at radius 3 is 2.20 bits per heavy atom. The Bertz CT molecular complexity index is 540. The third-order valence-electron chi connectivity index (χ3n) is 4.08. The summed E-state index contributed by atoms with van der Waals surface area (Å²) < 4.78 is 4.91. The van der Waals surface area contributed by atoms with E-state index in [4.69, 9.17) is 4.74 Å². The molecule has 3 N–H and O–H groups in total. The molecule has 0 unspecified atom stereocenters. The van der Waals surface area contributed by atoms with Crippen molar-refractivity contribution < 1.29 is 14.3 Å². The van der Waals surface area contributed by atoms with E-state index < -0.39 is 0 Å². The number of nitrogens with zero attached hydrogens (tertiary/aromatic N) is 1. The quantitative estimate of drug-likeness (QED) is 0.660. The fourth-order valence-electron chi connectivity index (χ4n) is 2.69. The normalized spacial score (nSPS) is 14.7. The Balaban J connectivity index is 1.77. The third-order valence-corrected chi connectivity index (χ3v) is 4.08. The van der Waals surface area contributed by atoms with E-state index in [9.17, 15) is 9.59 Å². The van der Waals surface area contributed by atoms with Gasteiger partial charge in [-0.05, 0) is 37.1 Å². The van der Waals surface area contributed by atoms with Crippen LogP contribution < -0.4 is 16.0 Å². The van der Waals surface area contributed by atoms with Gasteiger partial charge in [0.15, 0.2) is 0 Å². The number of anilines is 2. The van der Waals surface area contributed by atoms with Crippen LogP contribution in [0, 0.1) is 0 Å². The Morgan fingerprint density at radius 1 is 1.00 bits per heavy atom. The van der Waals surface area contributed by atoms with Gasteiger partial charge in [-0.25, -0.2) is 4.79 Å². The van der Waals surface area contributed by atoms with Crippen LogP contribution in [0.1, 0.15) is 25.7 Å². The highest BCUT2D eigenvalue weighted by Crippen LogP contribution is 2.15. The van der Waals surface area contributed by atoms with E-state index in [0.29, 0.717) is 18.8 Å². The summed E-state index contributed by atoms with van der Waals surface area (Å²) in [5, 5.41) is 8.71. The number of methoxy groups -OCH3 is 1. The zero-order valence-electron chi connectivity index (χ0n) is 14.8. The van der Waals surface area contributed by atoms with Crippen LogP contribution in [-0.2, 0) is 9.53 Å². The maximum atomic E-state index is 12.3. The second-order valence-electron chi connectivity index (χ2n) is 6.13. The molecule has 0 spiro atoms. The standard InChI is InChI=1S/C18H28N4O3/c1-25-13-10-19-14-17(23)20-15-6-8-16(9-7-15)21-18(24)22-11-4-2-3-5-12-22/h6-9,19H,2-5,10-14H2,1H3,(H,20,23)(H,21,24). The lowest BCUT2D eigenvalue weighted by Gasteiger charge is -2.20. The highest BCUT2D eigenvalue weighted by Gasteiger charge is 2.15. The van der Waals surface area contributed by atoms with E-state index in [0.717, 1.165) is 31.6 Å². The highest BCUT2D eigenvalue weighted by molar-refractivity contribution is 5.93. The van der Waals surface area contributed by atoms with E-state index in [-0.39, 0.29) is 18.5 Å². The van der Waals surface area contributed by atoms with Crippen molar-refractivity contribution in [1.29, 1.82) is 0 Å². The number of urea groups is 1. The van der Waals surface area contributed by atoms with Gasteiger partial charge in [0.05, 0.1) is 13.2 Å². The van der Waals surface area contributed by atoms with Crippen LogP contribution in [0.15, 0.2) is 24.3 Å². The molecule has 7 heteroatoms. The van der Waals surface area contributed by atoms with Crippen molar-refractivity contribution in [3.8, 4) is 0 Å². The van der Waals surface area contributed by atoms with E-state index >= 15 is 0 Å². The number of likely N-dealkylation sites (tertiary alicyclic amines) is 1. The molecule has 1 aromatic rings. The van der Waals surface area contributed by atoms with Crippen molar-refractivity contribution in [3.63, 3.8) is 0 Å². The second kappa shape index (κ2) is 10.7. The molecule has 0 radical (unpaired) electrons. The Labute approximate surface area is 149 Å². The third kappa shape index (κ3) is 7.11. The Hall–Kier alpha value is -2.12. The molecule has 7 nitrogen and oxygen atoms in total. The molecule has 1 aromatic carbocycles. The zero-order chi connectivity index (χ0) is 17.9. The highest BCUT2D eigenvalue weighted by atomic mass is 16.5. The van der Waals surface area contributed by atoms with Crippen LogP contribution in [0.3, 0.4) is 0 Å². The van der Waals surface area contributed by atoms with E-state index in [1.54, 1.807) is 31.4 Å². The summed E-state index contributed by atoms with van der Waals surface area (Å²) in [7, 11) is 1.62. The van der Waals surface area contributed by atoms with Gasteiger partial charge in [0.1, 0.15) is 0 Å². The molecule has 2 rings (SSSR count). The summed E-state index contributed by atoms with van der Waals surface area (Å²) in [6.07, 6.45) is 4.52. The van der Waals surface area contributed by atoms with Gasteiger partial charge in [-0.2, -0.15) is 0 Å². The molecule has 0 aromatic heterocycles. The van der Waals surface area contributed by atoms with Crippen molar-refractivity contribution in [2.75, 3.05) is 50.5 Å². The van der Waals surface area contributed by atoms with E-state index in [1.165, 1.54) is 12.8 Å². The molecule has 1 aliphatic heterocycles. The molecule has 1 fully saturated rings. The number of ether oxygens (including phenoxy) is 1. The van der Waals surface area contributed by atoms with Crippen molar-refractivity contribution in [1.82, 2.24) is 10.2 Å². The lowest BCUT2D eigenvalue weighted by molar-refractivity contribution is -0.115. The van der Waals surface area contributed by atoms with Crippen LogP contribution in [0.2, 0.25) is 0 Å². The van der Waals surface area contributed by atoms with Gasteiger partial charge in [0.25, 0.3) is 0 Å². The summed E-state index contributed by atoms with van der Waals surface area (Å²) in [6.45, 7) is 3.06. The lowest BCUT2D eigenvalue weighted by atomic mass is 10.2. The molecular weight excluding hydrogens is 320 g/mol. The number of rotatable bonds is 7. The van der Waals surface area contributed by atoms with E-state index in [1.807, 2.05) is 4.90 Å². The molecule has 3 amide bonds. The minimum atomic E-state index is -0.113. The first-order valence-corrected chi connectivity index (χ1v) is 8.84. The number of carbonyl (C=O) groups is 2. The molecule has 0 atom stereocenters. The smallest absolute Gasteiger partial charge is 0.321 e. The number of nitrogens with one attached hydrogen (secondary N) is 3. The number of amides is 3. The number of benzene rings is 1. The van der Waals surface area contributed by atoms with Crippen molar-refractivity contribution in [2.45, 2.75) is 25.7 Å². The first kappa shape index (κ1) is 19.2. The maximum Gasteiger partial charge on any atom is 0.321 e. The SMILES string of the molecule is COCCNCC(=O)Nc1ccc(NC(=O)N2CCCCCC2)cc1. The number of hydrogen-bond acceptors (Lipinski definition) is 4. The maximum absolute atomic E-state index is 12.3. The predicted molar refractivity (Wildman–Crippen MR) is 98.9 cm³/mol. The molecule has 25 heavy (non-hydrogen) atoms. The summed E-state index contributed by atoms with van der Waals surface area (Å²) in [5.74, 6) is -0.113. The Kier molecular flexibility index (Phi) is 8.21. The number of carbonyl (C=O) groups excluding carboxylic acids is 2. The van der Waals surface area contributed by atoms with Gasteiger partial charge in [0.2, 0.25) is 5.91 Å². The average Bonchev–Trinajstić information content (AvgIpc) is 2.90. The van der Waals surface area contributed by atoms with E-state index in [2.05, 4.69) is 16.0 Å². The molecule has 0 saturated carbocycles.